The second-order valence-corrected chi connectivity index (χ2v) is 8.34. The molecule has 2 N–H and O–H groups in total. The van der Waals surface area contributed by atoms with E-state index in [0.29, 0.717) is 39.1 Å². The van der Waals surface area contributed by atoms with Crippen molar-refractivity contribution < 1.29 is 0 Å². The fourth-order valence-electron chi connectivity index (χ4n) is 2.96. The van der Waals surface area contributed by atoms with E-state index in [1.807, 2.05) is 29.1 Å². The van der Waals surface area contributed by atoms with Gasteiger partial charge in [-0.15, -0.1) is 0 Å². The Labute approximate surface area is 199 Å². The maximum atomic E-state index is 6.32. The van der Waals surface area contributed by atoms with Gasteiger partial charge in [0.15, 0.2) is 10.9 Å². The number of rotatable bonds is 6. The van der Waals surface area contributed by atoms with Crippen LogP contribution in [0, 0.1) is 0 Å². The molecule has 0 aliphatic carbocycles. The van der Waals surface area contributed by atoms with Crippen molar-refractivity contribution in [2.24, 2.45) is 0 Å². The lowest BCUT2D eigenvalue weighted by atomic mass is 10.2. The number of thiocarbonyl (C=S) groups is 1. The van der Waals surface area contributed by atoms with Crippen LogP contribution in [0.4, 0.5) is 11.5 Å². The molecule has 2 heterocycles. The topological polar surface area (TPSA) is 59.7 Å². The second kappa shape index (κ2) is 9.70. The predicted octanol–water partition coefficient (Wildman–Crippen LogP) is 5.95. The van der Waals surface area contributed by atoms with Crippen molar-refractivity contribution in [2.75, 3.05) is 10.6 Å². The van der Waals surface area contributed by atoms with Crippen molar-refractivity contribution in [3.05, 3.63) is 93.3 Å². The van der Waals surface area contributed by atoms with E-state index in [2.05, 4.69) is 33.0 Å². The molecule has 10 heteroatoms. The molecule has 0 spiro atoms. The van der Waals surface area contributed by atoms with Gasteiger partial charge in [-0.05, 0) is 29.9 Å². The summed E-state index contributed by atoms with van der Waals surface area (Å²) in [6.45, 7) is 1.05. The van der Waals surface area contributed by atoms with Crippen LogP contribution in [0.3, 0.4) is 0 Å². The summed E-state index contributed by atoms with van der Waals surface area (Å²) in [7, 11) is 0. The van der Waals surface area contributed by atoms with Gasteiger partial charge in [0.25, 0.3) is 0 Å². The van der Waals surface area contributed by atoms with Gasteiger partial charge in [0.05, 0.1) is 25.0 Å². The average molecular weight is 492 g/mol. The molecule has 31 heavy (non-hydrogen) atoms. The van der Waals surface area contributed by atoms with Crippen LogP contribution < -0.4 is 10.6 Å². The molecule has 0 radical (unpaired) electrons. The van der Waals surface area contributed by atoms with E-state index < -0.39 is 0 Å². The van der Waals surface area contributed by atoms with E-state index in [-0.39, 0.29) is 0 Å². The summed E-state index contributed by atoms with van der Waals surface area (Å²) in [6, 6.07) is 15.4. The predicted molar refractivity (Wildman–Crippen MR) is 130 cm³/mol. The Morgan fingerprint density at radius 1 is 0.839 bits per heavy atom. The molecule has 0 aliphatic heterocycles. The largest absolute Gasteiger partial charge is 0.330 e. The van der Waals surface area contributed by atoms with E-state index in [4.69, 9.17) is 47.0 Å². The summed E-state index contributed by atoms with van der Waals surface area (Å²) in [5.41, 5.74) is 2.68. The normalized spacial score (nSPS) is 10.8. The highest BCUT2D eigenvalue weighted by Crippen LogP contribution is 2.27. The van der Waals surface area contributed by atoms with Crippen molar-refractivity contribution in [1.82, 2.24) is 19.6 Å². The highest BCUT2D eigenvalue weighted by Gasteiger charge is 2.12. The Morgan fingerprint density at radius 2 is 1.58 bits per heavy atom. The van der Waals surface area contributed by atoms with Crippen LogP contribution in [0.1, 0.15) is 11.1 Å². The molecule has 0 unspecified atom stereocenters. The monoisotopic (exact) mass is 490 g/mol. The van der Waals surface area contributed by atoms with E-state index in [1.165, 1.54) is 0 Å². The first kappa shape index (κ1) is 21.6. The molecule has 0 fully saturated rings. The summed E-state index contributed by atoms with van der Waals surface area (Å²) < 4.78 is 3.48. The van der Waals surface area contributed by atoms with Gasteiger partial charge < -0.3 is 10.6 Å². The molecule has 158 valence electrons. The zero-order valence-electron chi connectivity index (χ0n) is 16.1. The highest BCUT2D eigenvalue weighted by molar-refractivity contribution is 7.80. The molecule has 0 saturated heterocycles. The van der Waals surface area contributed by atoms with Gasteiger partial charge in [0.1, 0.15) is 5.02 Å². The molecule has 4 rings (SSSR count). The van der Waals surface area contributed by atoms with E-state index >= 15 is 0 Å². The number of halogens is 3. The Bertz CT molecular complexity index is 1180. The van der Waals surface area contributed by atoms with Crippen molar-refractivity contribution in [1.29, 1.82) is 0 Å². The van der Waals surface area contributed by atoms with Gasteiger partial charge in [0, 0.05) is 28.0 Å². The van der Waals surface area contributed by atoms with E-state index in [0.717, 1.165) is 16.8 Å². The average Bonchev–Trinajstić information content (AvgIpc) is 3.31. The smallest absolute Gasteiger partial charge is 0.176 e. The Kier molecular flexibility index (Phi) is 6.77. The van der Waals surface area contributed by atoms with Crippen LogP contribution in [-0.2, 0) is 13.1 Å². The molecule has 0 amide bonds. The molecular weight excluding hydrogens is 475 g/mol. The summed E-state index contributed by atoms with van der Waals surface area (Å²) in [5, 5.41) is 16.8. The zero-order valence-corrected chi connectivity index (χ0v) is 19.2. The molecule has 0 atom stereocenters. The fourth-order valence-corrected chi connectivity index (χ4v) is 3.89. The number of nitrogens with zero attached hydrogens (tertiary/aromatic N) is 4. The van der Waals surface area contributed by atoms with Crippen LogP contribution in [0.15, 0.2) is 67.1 Å². The van der Waals surface area contributed by atoms with Gasteiger partial charge in [0.2, 0.25) is 0 Å². The second-order valence-electron chi connectivity index (χ2n) is 6.71. The maximum Gasteiger partial charge on any atom is 0.176 e. The number of anilines is 2. The van der Waals surface area contributed by atoms with Crippen LogP contribution in [0.2, 0.25) is 15.1 Å². The number of benzene rings is 2. The number of nitrogens with one attached hydrogen (secondary N) is 2. The summed E-state index contributed by atoms with van der Waals surface area (Å²) in [6.07, 6.45) is 5.27. The molecule has 0 aliphatic rings. The fraction of sp³-hybridized carbons (Fsp3) is 0.0952. The Balaban J connectivity index is 1.38. The lowest BCUT2D eigenvalue weighted by Crippen LogP contribution is -2.19. The van der Waals surface area contributed by atoms with Crippen molar-refractivity contribution in [2.45, 2.75) is 13.1 Å². The Hall–Kier alpha value is -2.58. The minimum Gasteiger partial charge on any atom is -0.330 e. The lowest BCUT2D eigenvalue weighted by Gasteiger charge is -2.08. The first-order valence-corrected chi connectivity index (χ1v) is 10.8. The van der Waals surface area contributed by atoms with Gasteiger partial charge in [-0.3, -0.25) is 9.36 Å². The van der Waals surface area contributed by atoms with Crippen LogP contribution in [0.5, 0.6) is 0 Å². The zero-order chi connectivity index (χ0) is 21.8. The molecule has 0 bridgehead atoms. The number of hydrogen-bond donors (Lipinski definition) is 2. The van der Waals surface area contributed by atoms with Crippen LogP contribution in [0.25, 0.3) is 0 Å². The summed E-state index contributed by atoms with van der Waals surface area (Å²) in [4.78, 5) is 0. The molecule has 0 saturated carbocycles. The molecular formula is C21H17Cl3N6S. The minimum absolute atomic E-state index is 0.349. The van der Waals surface area contributed by atoms with Crippen LogP contribution in [-0.4, -0.2) is 24.7 Å². The third-order valence-electron chi connectivity index (χ3n) is 4.41. The molecule has 2 aromatic heterocycles. The van der Waals surface area contributed by atoms with Crippen molar-refractivity contribution in [3.63, 3.8) is 0 Å². The van der Waals surface area contributed by atoms with Crippen LogP contribution >= 0.6 is 47.0 Å². The first-order chi connectivity index (χ1) is 15.0. The third kappa shape index (κ3) is 5.57. The highest BCUT2D eigenvalue weighted by atomic mass is 35.5. The Morgan fingerprint density at radius 3 is 2.32 bits per heavy atom. The number of hydrogen-bond acceptors (Lipinski definition) is 3. The minimum atomic E-state index is 0.349. The third-order valence-corrected chi connectivity index (χ3v) is 5.60. The standard InChI is InChI=1S/C21H17Cl3N6S/c22-17-7-4-8-18(23)16(17)12-30-13-19(24)20(28-30)27-21(31)26-15-9-25-29(11-15)10-14-5-2-1-3-6-14/h1-9,11,13H,10,12H2,(H2,26,27,28,31). The molecule has 4 aromatic rings. The summed E-state index contributed by atoms with van der Waals surface area (Å²) >= 11 is 24.2. The molecule has 2 aromatic carbocycles. The van der Waals surface area contributed by atoms with Gasteiger partial charge in [-0.1, -0.05) is 71.2 Å². The quantitative estimate of drug-likeness (QED) is 0.327. The molecule has 6 nitrogen and oxygen atoms in total. The van der Waals surface area contributed by atoms with Gasteiger partial charge >= 0.3 is 0 Å². The van der Waals surface area contributed by atoms with Gasteiger partial charge in [-0.25, -0.2) is 0 Å². The summed E-state index contributed by atoms with van der Waals surface area (Å²) in [5.74, 6) is 0.430. The van der Waals surface area contributed by atoms with E-state index in [9.17, 15) is 0 Å². The van der Waals surface area contributed by atoms with Gasteiger partial charge in [-0.2, -0.15) is 10.2 Å². The van der Waals surface area contributed by atoms with E-state index in [1.54, 1.807) is 35.3 Å². The lowest BCUT2D eigenvalue weighted by molar-refractivity contribution is 0.687. The first-order valence-electron chi connectivity index (χ1n) is 9.28. The number of aromatic nitrogens is 4. The maximum absolute atomic E-state index is 6.32. The van der Waals surface area contributed by atoms with Crippen molar-refractivity contribution in [3.8, 4) is 0 Å². The SMILES string of the molecule is S=C(Nc1cnn(Cc2ccccc2)c1)Nc1nn(Cc2c(Cl)cccc2Cl)cc1Cl. The van der Waals surface area contributed by atoms with Crippen molar-refractivity contribution >= 4 is 63.6 Å².